The van der Waals surface area contributed by atoms with E-state index >= 15 is 0 Å². The number of hydrogen-bond acceptors (Lipinski definition) is 5. The van der Waals surface area contributed by atoms with Crippen LogP contribution in [-0.2, 0) is 0 Å². The summed E-state index contributed by atoms with van der Waals surface area (Å²) in [5, 5.41) is 0.465. The number of carbonyl (C=O) groups is 1. The molecule has 2 rings (SSSR count). The smallest absolute Gasteiger partial charge is 0.203 e. The molecule has 1 heterocycles. The predicted octanol–water partition coefficient (Wildman–Crippen LogP) is 4.31. The summed E-state index contributed by atoms with van der Waals surface area (Å²) in [7, 11) is 4.47. The molecule has 0 saturated heterocycles. The highest BCUT2D eigenvalue weighted by Crippen LogP contribution is 2.38. The van der Waals surface area contributed by atoms with Crippen molar-refractivity contribution in [2.45, 2.75) is 0 Å². The molecule has 126 valence electrons. The van der Waals surface area contributed by atoms with E-state index in [1.54, 1.807) is 24.3 Å². The third-order valence-corrected chi connectivity index (χ3v) is 4.02. The van der Waals surface area contributed by atoms with Crippen molar-refractivity contribution in [3.63, 3.8) is 0 Å². The zero-order chi connectivity index (χ0) is 17.7. The fourth-order valence-electron chi connectivity index (χ4n) is 2.05. The number of methoxy groups -OCH3 is 3. The van der Waals surface area contributed by atoms with Crippen molar-refractivity contribution < 1.29 is 19.0 Å². The van der Waals surface area contributed by atoms with Gasteiger partial charge in [-0.15, -0.1) is 0 Å². The van der Waals surface area contributed by atoms with E-state index in [4.69, 9.17) is 37.4 Å². The quantitative estimate of drug-likeness (QED) is 0.432. The van der Waals surface area contributed by atoms with Crippen LogP contribution in [0.5, 0.6) is 17.2 Å². The van der Waals surface area contributed by atoms with E-state index in [1.165, 1.54) is 33.6 Å². The molecule has 0 aliphatic heterocycles. The number of halogens is 2. The number of ether oxygens (including phenoxy) is 3. The zero-order valence-corrected chi connectivity index (χ0v) is 14.8. The molecule has 0 radical (unpaired) electrons. The number of nitrogens with zero attached hydrogens (tertiary/aromatic N) is 1. The minimum atomic E-state index is -0.252. The number of hydrogen-bond donors (Lipinski definition) is 0. The second-order valence-corrected chi connectivity index (χ2v) is 5.35. The van der Waals surface area contributed by atoms with Crippen LogP contribution in [0, 0.1) is 0 Å². The van der Waals surface area contributed by atoms with E-state index in [9.17, 15) is 4.79 Å². The Morgan fingerprint density at radius 1 is 1.08 bits per heavy atom. The van der Waals surface area contributed by atoms with Crippen molar-refractivity contribution in [1.29, 1.82) is 0 Å². The Balaban J connectivity index is 2.36. The van der Waals surface area contributed by atoms with Crippen molar-refractivity contribution in [3.05, 3.63) is 51.8 Å². The van der Waals surface area contributed by atoms with Crippen molar-refractivity contribution in [1.82, 2.24) is 4.98 Å². The van der Waals surface area contributed by atoms with Crippen molar-refractivity contribution in [2.75, 3.05) is 21.3 Å². The third-order valence-electron chi connectivity index (χ3n) is 3.24. The van der Waals surface area contributed by atoms with Gasteiger partial charge in [-0.2, -0.15) is 0 Å². The van der Waals surface area contributed by atoms with E-state index in [2.05, 4.69) is 4.98 Å². The van der Waals surface area contributed by atoms with Crippen LogP contribution >= 0.6 is 23.2 Å². The van der Waals surface area contributed by atoms with Gasteiger partial charge in [0.05, 0.1) is 26.4 Å². The number of rotatable bonds is 6. The summed E-state index contributed by atoms with van der Waals surface area (Å²) in [6.45, 7) is 0. The predicted molar refractivity (Wildman–Crippen MR) is 93.7 cm³/mol. The van der Waals surface area contributed by atoms with Crippen LogP contribution in [0.1, 0.15) is 15.9 Å². The molecule has 0 aliphatic rings. The maximum Gasteiger partial charge on any atom is 0.203 e. The summed E-state index contributed by atoms with van der Waals surface area (Å²) in [5.41, 5.74) is 0.981. The molecule has 0 saturated carbocycles. The number of benzene rings is 1. The van der Waals surface area contributed by atoms with Gasteiger partial charge in [0.25, 0.3) is 0 Å². The van der Waals surface area contributed by atoms with Crippen LogP contribution in [0.2, 0.25) is 10.2 Å². The molecule has 24 heavy (non-hydrogen) atoms. The molecule has 1 aromatic heterocycles. The van der Waals surface area contributed by atoms with Gasteiger partial charge >= 0.3 is 0 Å². The van der Waals surface area contributed by atoms with Gasteiger partial charge in [-0.1, -0.05) is 23.2 Å². The Morgan fingerprint density at radius 3 is 2.25 bits per heavy atom. The zero-order valence-electron chi connectivity index (χ0n) is 13.3. The van der Waals surface area contributed by atoms with Crippen LogP contribution in [0.25, 0.3) is 6.08 Å². The topological polar surface area (TPSA) is 57.7 Å². The second kappa shape index (κ2) is 8.04. The summed E-state index contributed by atoms with van der Waals surface area (Å²) in [5.74, 6) is 0.972. The van der Waals surface area contributed by atoms with E-state index in [0.29, 0.717) is 28.4 Å². The van der Waals surface area contributed by atoms with E-state index < -0.39 is 0 Å². The number of aromatic nitrogens is 1. The van der Waals surface area contributed by atoms with Gasteiger partial charge in [-0.25, -0.2) is 4.98 Å². The van der Waals surface area contributed by atoms with Gasteiger partial charge in [0.1, 0.15) is 5.15 Å². The third kappa shape index (κ3) is 3.80. The first-order chi connectivity index (χ1) is 11.5. The fraction of sp³-hybridized carbons (Fsp3) is 0.176. The lowest BCUT2D eigenvalue weighted by molar-refractivity contribution is 0.104. The summed E-state index contributed by atoms with van der Waals surface area (Å²) in [6.07, 6.45) is 4.47. The van der Waals surface area contributed by atoms with E-state index in [0.717, 1.165) is 0 Å². The van der Waals surface area contributed by atoms with Crippen LogP contribution in [0.15, 0.2) is 30.5 Å². The van der Waals surface area contributed by atoms with Gasteiger partial charge < -0.3 is 14.2 Å². The van der Waals surface area contributed by atoms with E-state index in [1.807, 2.05) is 0 Å². The maximum atomic E-state index is 12.4. The lowest BCUT2D eigenvalue weighted by Crippen LogP contribution is -2.00. The summed E-state index contributed by atoms with van der Waals surface area (Å²) in [4.78, 5) is 16.3. The summed E-state index contributed by atoms with van der Waals surface area (Å²) in [6, 6.07) is 4.82. The van der Waals surface area contributed by atoms with Crippen LogP contribution < -0.4 is 14.2 Å². The SMILES string of the molecule is COc1cc(C(=O)/C=C/c2ccnc(Cl)c2Cl)cc(OC)c1OC. The number of ketones is 1. The van der Waals surface area contributed by atoms with Crippen LogP contribution in [0.3, 0.4) is 0 Å². The first kappa shape index (κ1) is 18.1. The Labute approximate surface area is 149 Å². The van der Waals surface area contributed by atoms with Gasteiger partial charge in [-0.3, -0.25) is 4.79 Å². The highest BCUT2D eigenvalue weighted by atomic mass is 35.5. The Kier molecular flexibility index (Phi) is 6.06. The minimum absolute atomic E-state index is 0.180. The lowest BCUT2D eigenvalue weighted by Gasteiger charge is -2.13. The largest absolute Gasteiger partial charge is 0.493 e. The average molecular weight is 368 g/mol. The second-order valence-electron chi connectivity index (χ2n) is 4.62. The molecule has 0 atom stereocenters. The molecule has 0 unspecified atom stereocenters. The van der Waals surface area contributed by atoms with Crippen molar-refractivity contribution in [3.8, 4) is 17.2 Å². The minimum Gasteiger partial charge on any atom is -0.493 e. The van der Waals surface area contributed by atoms with Crippen LogP contribution in [0.4, 0.5) is 0 Å². The molecule has 5 nitrogen and oxygen atoms in total. The highest BCUT2D eigenvalue weighted by Gasteiger charge is 2.15. The molecule has 7 heteroatoms. The molecule has 0 amide bonds. The van der Waals surface area contributed by atoms with Gasteiger partial charge in [0, 0.05) is 11.8 Å². The highest BCUT2D eigenvalue weighted by molar-refractivity contribution is 6.42. The first-order valence-electron chi connectivity index (χ1n) is 6.84. The molecule has 0 bridgehead atoms. The average Bonchev–Trinajstić information content (AvgIpc) is 2.61. The number of pyridine rings is 1. The van der Waals surface area contributed by atoms with E-state index in [-0.39, 0.29) is 16.0 Å². The molecular weight excluding hydrogens is 353 g/mol. The van der Waals surface area contributed by atoms with Crippen LogP contribution in [-0.4, -0.2) is 32.1 Å². The number of carbonyl (C=O) groups excluding carboxylic acids is 1. The maximum absolute atomic E-state index is 12.4. The summed E-state index contributed by atoms with van der Waals surface area (Å²) >= 11 is 11.9. The molecule has 0 fully saturated rings. The standard InChI is InChI=1S/C17H15Cl2NO4/c1-22-13-8-11(9-14(23-2)16(13)24-3)12(21)5-4-10-6-7-20-17(19)15(10)18/h4-9H,1-3H3/b5-4+. The molecule has 2 aromatic rings. The Bertz CT molecular complexity index is 765. The molecule has 0 spiro atoms. The van der Waals surface area contributed by atoms with Gasteiger partial charge in [0.2, 0.25) is 5.75 Å². The monoisotopic (exact) mass is 367 g/mol. The molecule has 1 aromatic carbocycles. The fourth-order valence-corrected chi connectivity index (χ4v) is 2.39. The molecule has 0 aliphatic carbocycles. The van der Waals surface area contributed by atoms with Gasteiger partial charge in [-0.05, 0) is 35.9 Å². The first-order valence-corrected chi connectivity index (χ1v) is 7.59. The summed E-state index contributed by atoms with van der Waals surface area (Å²) < 4.78 is 15.7. The number of allylic oxidation sites excluding steroid dienone is 1. The normalized spacial score (nSPS) is 10.7. The Morgan fingerprint density at radius 2 is 1.71 bits per heavy atom. The lowest BCUT2D eigenvalue weighted by atomic mass is 10.1. The van der Waals surface area contributed by atoms with Crippen molar-refractivity contribution >= 4 is 35.1 Å². The molecule has 0 N–H and O–H groups in total. The molecular formula is C17H15Cl2NO4. The van der Waals surface area contributed by atoms with Crippen molar-refractivity contribution in [2.24, 2.45) is 0 Å². The van der Waals surface area contributed by atoms with Gasteiger partial charge in [0.15, 0.2) is 17.3 Å². The Hall–Kier alpha value is -2.24.